The second-order valence-corrected chi connectivity index (χ2v) is 5.55. The van der Waals surface area contributed by atoms with Gasteiger partial charge in [-0.05, 0) is 40.8 Å². The molecule has 4 heteroatoms. The molecule has 1 amide bonds. The number of fused-ring (bicyclic) bond motifs is 1. The number of carbonyl (C=O) groups excluding carboxylic acids is 1. The van der Waals surface area contributed by atoms with Crippen molar-refractivity contribution < 1.29 is 9.53 Å². The Labute approximate surface area is 130 Å². The number of nitrogens with two attached hydrogens (primary N) is 1. The predicted molar refractivity (Wildman–Crippen MR) is 87.2 cm³/mol. The minimum atomic E-state index is -0.235. The van der Waals surface area contributed by atoms with Gasteiger partial charge in [0, 0.05) is 5.69 Å². The van der Waals surface area contributed by atoms with Crippen LogP contribution in [-0.4, -0.2) is 13.0 Å². The maximum absolute atomic E-state index is 11.6. The van der Waals surface area contributed by atoms with Crippen LogP contribution in [0.2, 0.25) is 0 Å². The van der Waals surface area contributed by atoms with Gasteiger partial charge in [0.05, 0.1) is 19.6 Å². The van der Waals surface area contributed by atoms with E-state index in [1.165, 1.54) is 0 Å². The van der Waals surface area contributed by atoms with Gasteiger partial charge < -0.3 is 15.8 Å². The molecule has 1 aliphatic heterocycles. The van der Waals surface area contributed by atoms with Crippen LogP contribution >= 0.6 is 0 Å². The molecule has 1 unspecified atom stereocenters. The summed E-state index contributed by atoms with van der Waals surface area (Å²) in [4.78, 5) is 11.6. The van der Waals surface area contributed by atoms with Crippen molar-refractivity contribution in [1.29, 1.82) is 0 Å². The Morgan fingerprint density at radius 2 is 2.09 bits per heavy atom. The quantitative estimate of drug-likeness (QED) is 0.912. The molecule has 0 aromatic heterocycles. The van der Waals surface area contributed by atoms with Crippen LogP contribution in [0.15, 0.2) is 36.4 Å². The first-order valence-electron chi connectivity index (χ1n) is 7.47. The number of benzene rings is 2. The van der Waals surface area contributed by atoms with Crippen molar-refractivity contribution in [2.45, 2.75) is 25.8 Å². The normalized spacial score (nSPS) is 14.4. The molecule has 1 heterocycles. The fraction of sp³-hybridized carbons (Fsp3) is 0.278. The molecular weight excluding hydrogens is 276 g/mol. The molecule has 0 fully saturated rings. The summed E-state index contributed by atoms with van der Waals surface area (Å²) in [6, 6.07) is 11.7. The zero-order valence-corrected chi connectivity index (χ0v) is 12.8. The van der Waals surface area contributed by atoms with Crippen LogP contribution in [-0.2, 0) is 17.6 Å². The maximum Gasteiger partial charge on any atom is 0.228 e. The highest BCUT2D eigenvalue weighted by atomic mass is 16.5. The standard InChI is InChI=1S/C18H20N2O2/c1-3-11-7-13(8-14-10-16(21)20-18(11)14)17(19)12-5-4-6-15(9-12)22-2/h4-9,17H,3,10,19H2,1-2H3,(H,20,21). The van der Waals surface area contributed by atoms with E-state index >= 15 is 0 Å². The third-order valence-electron chi connectivity index (χ3n) is 4.13. The number of anilines is 1. The molecule has 0 spiro atoms. The lowest BCUT2D eigenvalue weighted by Gasteiger charge is -2.17. The van der Waals surface area contributed by atoms with E-state index in [0.29, 0.717) is 6.42 Å². The van der Waals surface area contributed by atoms with E-state index in [1.807, 2.05) is 30.3 Å². The monoisotopic (exact) mass is 296 g/mol. The Morgan fingerprint density at radius 3 is 2.82 bits per heavy atom. The lowest BCUT2D eigenvalue weighted by molar-refractivity contribution is -0.115. The molecule has 2 aromatic rings. The summed E-state index contributed by atoms with van der Waals surface area (Å²) in [5, 5.41) is 2.94. The van der Waals surface area contributed by atoms with E-state index in [0.717, 1.165) is 40.1 Å². The molecule has 0 aliphatic carbocycles. The molecule has 1 atom stereocenters. The molecule has 1 aliphatic rings. The van der Waals surface area contributed by atoms with Crippen molar-refractivity contribution in [2.75, 3.05) is 12.4 Å². The molecule has 0 saturated heterocycles. The van der Waals surface area contributed by atoms with Crippen LogP contribution in [0.5, 0.6) is 5.75 Å². The largest absolute Gasteiger partial charge is 0.497 e. The molecule has 0 bridgehead atoms. The van der Waals surface area contributed by atoms with Gasteiger partial charge in [-0.25, -0.2) is 0 Å². The highest BCUT2D eigenvalue weighted by molar-refractivity contribution is 6.00. The smallest absolute Gasteiger partial charge is 0.228 e. The van der Waals surface area contributed by atoms with Gasteiger partial charge in [-0.3, -0.25) is 4.79 Å². The first kappa shape index (κ1) is 14.6. The van der Waals surface area contributed by atoms with E-state index in [-0.39, 0.29) is 11.9 Å². The summed E-state index contributed by atoms with van der Waals surface area (Å²) in [6.45, 7) is 2.08. The average Bonchev–Trinajstić information content (AvgIpc) is 2.93. The molecule has 4 nitrogen and oxygen atoms in total. The zero-order valence-electron chi connectivity index (χ0n) is 12.8. The van der Waals surface area contributed by atoms with Crippen molar-refractivity contribution in [1.82, 2.24) is 0 Å². The van der Waals surface area contributed by atoms with Crippen LogP contribution in [0.4, 0.5) is 5.69 Å². The molecule has 0 saturated carbocycles. The number of hydrogen-bond donors (Lipinski definition) is 2. The Bertz CT molecular complexity index is 725. The topological polar surface area (TPSA) is 64.3 Å². The molecule has 22 heavy (non-hydrogen) atoms. The van der Waals surface area contributed by atoms with Crippen molar-refractivity contribution in [3.05, 3.63) is 58.7 Å². The maximum atomic E-state index is 11.6. The van der Waals surface area contributed by atoms with Gasteiger partial charge in [-0.15, -0.1) is 0 Å². The summed E-state index contributed by atoms with van der Waals surface area (Å²) in [5.41, 5.74) is 11.6. The number of rotatable bonds is 4. The highest BCUT2D eigenvalue weighted by Gasteiger charge is 2.22. The van der Waals surface area contributed by atoms with Crippen LogP contribution in [0, 0.1) is 0 Å². The number of aryl methyl sites for hydroxylation is 1. The molecule has 0 radical (unpaired) electrons. The fourth-order valence-electron chi connectivity index (χ4n) is 2.94. The van der Waals surface area contributed by atoms with Crippen LogP contribution < -0.4 is 15.8 Å². The van der Waals surface area contributed by atoms with Crippen LogP contribution in [0.1, 0.15) is 35.2 Å². The van der Waals surface area contributed by atoms with Gasteiger partial charge in [0.25, 0.3) is 0 Å². The van der Waals surface area contributed by atoms with Crippen LogP contribution in [0.3, 0.4) is 0 Å². The lowest BCUT2D eigenvalue weighted by Crippen LogP contribution is -2.13. The molecular formula is C18H20N2O2. The first-order valence-corrected chi connectivity index (χ1v) is 7.47. The SMILES string of the molecule is CCc1cc(C(N)c2cccc(OC)c2)cc2c1NC(=O)C2. The minimum absolute atomic E-state index is 0.0526. The van der Waals surface area contributed by atoms with Gasteiger partial charge >= 0.3 is 0 Å². The number of amides is 1. The van der Waals surface area contributed by atoms with Gasteiger partial charge in [-0.1, -0.05) is 31.2 Å². The zero-order chi connectivity index (χ0) is 15.7. The summed E-state index contributed by atoms with van der Waals surface area (Å²) < 4.78 is 5.26. The van der Waals surface area contributed by atoms with Crippen molar-refractivity contribution in [2.24, 2.45) is 5.73 Å². The number of nitrogens with one attached hydrogen (secondary N) is 1. The number of ether oxygens (including phenoxy) is 1. The van der Waals surface area contributed by atoms with E-state index in [1.54, 1.807) is 7.11 Å². The second kappa shape index (κ2) is 5.81. The van der Waals surface area contributed by atoms with E-state index < -0.39 is 0 Å². The Kier molecular flexibility index (Phi) is 3.86. The molecule has 3 rings (SSSR count). The summed E-state index contributed by atoms with van der Waals surface area (Å²) in [6.07, 6.45) is 1.29. The first-order chi connectivity index (χ1) is 10.6. The van der Waals surface area contributed by atoms with Gasteiger partial charge in [-0.2, -0.15) is 0 Å². The van der Waals surface area contributed by atoms with Gasteiger partial charge in [0.1, 0.15) is 5.75 Å². The van der Waals surface area contributed by atoms with Gasteiger partial charge in [0.15, 0.2) is 0 Å². The predicted octanol–water partition coefficient (Wildman–Crippen LogP) is 2.80. The fourth-order valence-corrected chi connectivity index (χ4v) is 2.94. The van der Waals surface area contributed by atoms with Crippen LogP contribution in [0.25, 0.3) is 0 Å². The van der Waals surface area contributed by atoms with Crippen molar-refractivity contribution in [3.63, 3.8) is 0 Å². The summed E-state index contributed by atoms with van der Waals surface area (Å²) >= 11 is 0. The Morgan fingerprint density at radius 1 is 1.27 bits per heavy atom. The van der Waals surface area contributed by atoms with E-state index in [4.69, 9.17) is 10.5 Å². The molecule has 3 N–H and O–H groups in total. The third-order valence-corrected chi connectivity index (χ3v) is 4.13. The number of methoxy groups -OCH3 is 1. The summed E-state index contributed by atoms with van der Waals surface area (Å²) in [7, 11) is 1.65. The third kappa shape index (κ3) is 2.57. The number of carbonyl (C=O) groups is 1. The molecule has 114 valence electrons. The highest BCUT2D eigenvalue weighted by Crippen LogP contribution is 2.33. The lowest BCUT2D eigenvalue weighted by atomic mass is 9.93. The number of hydrogen-bond acceptors (Lipinski definition) is 3. The Hall–Kier alpha value is -2.33. The van der Waals surface area contributed by atoms with Crippen molar-refractivity contribution >= 4 is 11.6 Å². The van der Waals surface area contributed by atoms with Gasteiger partial charge in [0.2, 0.25) is 5.91 Å². The second-order valence-electron chi connectivity index (χ2n) is 5.55. The van der Waals surface area contributed by atoms with E-state index in [9.17, 15) is 4.79 Å². The van der Waals surface area contributed by atoms with E-state index in [2.05, 4.69) is 18.3 Å². The Balaban J connectivity index is 2.01. The minimum Gasteiger partial charge on any atom is -0.497 e. The average molecular weight is 296 g/mol. The summed E-state index contributed by atoms with van der Waals surface area (Å²) in [5.74, 6) is 0.846. The molecule has 2 aromatic carbocycles. The van der Waals surface area contributed by atoms with Crippen molar-refractivity contribution in [3.8, 4) is 5.75 Å².